The number of nitriles is 1. The summed E-state index contributed by atoms with van der Waals surface area (Å²) in [6, 6.07) is 7.44. The van der Waals surface area contributed by atoms with Crippen LogP contribution in [0.2, 0.25) is 0 Å². The fraction of sp³-hybridized carbons (Fsp3) is 0.375. The van der Waals surface area contributed by atoms with E-state index in [-0.39, 0.29) is 5.56 Å². The van der Waals surface area contributed by atoms with Crippen LogP contribution >= 0.6 is 0 Å². The van der Waals surface area contributed by atoms with Gasteiger partial charge in [-0.25, -0.2) is 0 Å². The fourth-order valence-corrected chi connectivity index (χ4v) is 2.30. The molecule has 2 heterocycles. The summed E-state index contributed by atoms with van der Waals surface area (Å²) in [5, 5.41) is 12.3. The Hall–Kier alpha value is -2.48. The molecule has 5 heteroatoms. The molecule has 0 aliphatic carbocycles. The molecule has 0 amide bonds. The maximum Gasteiger partial charge on any atom is 0.250 e. The fourth-order valence-electron chi connectivity index (χ4n) is 2.30. The zero-order chi connectivity index (χ0) is 15.4. The van der Waals surface area contributed by atoms with Gasteiger partial charge in [0.2, 0.25) is 0 Å². The molecule has 0 aliphatic rings. The summed E-state index contributed by atoms with van der Waals surface area (Å²) in [6.07, 6.45) is 2.77. The van der Waals surface area contributed by atoms with E-state index in [1.807, 2.05) is 37.7 Å². The number of hydrogen-bond acceptors (Lipinski definition) is 3. The first kappa shape index (κ1) is 14.9. The third kappa shape index (κ3) is 3.16. The van der Waals surface area contributed by atoms with Crippen LogP contribution in [0.1, 0.15) is 30.3 Å². The van der Waals surface area contributed by atoms with Crippen LogP contribution < -0.4 is 10.9 Å². The van der Waals surface area contributed by atoms with E-state index in [1.165, 1.54) is 0 Å². The molecule has 2 aromatic heterocycles. The van der Waals surface area contributed by atoms with Crippen molar-refractivity contribution in [2.24, 2.45) is 7.05 Å². The molecule has 0 spiro atoms. The molecule has 5 nitrogen and oxygen atoms in total. The molecular formula is C16H20N4O. The van der Waals surface area contributed by atoms with Crippen LogP contribution in [0.25, 0.3) is 0 Å². The Morgan fingerprint density at radius 1 is 1.38 bits per heavy atom. The molecule has 0 radical (unpaired) electrons. The van der Waals surface area contributed by atoms with Crippen molar-refractivity contribution < 1.29 is 0 Å². The molecular weight excluding hydrogens is 264 g/mol. The Kier molecular flexibility index (Phi) is 4.49. The first-order valence-corrected chi connectivity index (χ1v) is 7.06. The molecule has 0 atom stereocenters. The van der Waals surface area contributed by atoms with Crippen LogP contribution in [-0.4, -0.2) is 9.13 Å². The van der Waals surface area contributed by atoms with Gasteiger partial charge in [-0.3, -0.25) is 4.79 Å². The highest BCUT2D eigenvalue weighted by molar-refractivity contribution is 5.43. The zero-order valence-corrected chi connectivity index (χ0v) is 12.7. The minimum Gasteiger partial charge on any atom is -0.380 e. The van der Waals surface area contributed by atoms with E-state index in [4.69, 9.17) is 5.26 Å². The number of nitrogens with zero attached hydrogens (tertiary/aromatic N) is 3. The second-order valence-corrected chi connectivity index (χ2v) is 5.11. The highest BCUT2D eigenvalue weighted by Gasteiger charge is 2.08. The van der Waals surface area contributed by atoms with Crippen molar-refractivity contribution in [3.8, 4) is 6.07 Å². The summed E-state index contributed by atoms with van der Waals surface area (Å²) >= 11 is 0. The van der Waals surface area contributed by atoms with Crippen molar-refractivity contribution in [1.29, 1.82) is 5.26 Å². The number of rotatable bonds is 5. The quantitative estimate of drug-likeness (QED) is 0.917. The molecule has 2 rings (SSSR count). The summed E-state index contributed by atoms with van der Waals surface area (Å²) < 4.78 is 3.59. The molecule has 0 aromatic carbocycles. The lowest BCUT2D eigenvalue weighted by atomic mass is 10.2. The van der Waals surface area contributed by atoms with Gasteiger partial charge in [0.25, 0.3) is 5.56 Å². The first-order chi connectivity index (χ1) is 10.1. The lowest BCUT2D eigenvalue weighted by Gasteiger charge is -2.09. The Bertz CT molecular complexity index is 734. The predicted octanol–water partition coefficient (Wildman–Crippen LogP) is 2.39. The average molecular weight is 284 g/mol. The lowest BCUT2D eigenvalue weighted by molar-refractivity contribution is 0.655. The average Bonchev–Trinajstić information content (AvgIpc) is 2.76. The smallest absolute Gasteiger partial charge is 0.250 e. The van der Waals surface area contributed by atoms with Gasteiger partial charge in [-0.15, -0.1) is 0 Å². The van der Waals surface area contributed by atoms with Gasteiger partial charge >= 0.3 is 0 Å². The second kappa shape index (κ2) is 6.31. The number of pyridine rings is 1. The van der Waals surface area contributed by atoms with Crippen LogP contribution in [0.15, 0.2) is 29.2 Å². The molecule has 0 aliphatic heterocycles. The van der Waals surface area contributed by atoms with Gasteiger partial charge in [0.15, 0.2) is 0 Å². The van der Waals surface area contributed by atoms with Gasteiger partial charge < -0.3 is 14.5 Å². The summed E-state index contributed by atoms with van der Waals surface area (Å²) in [4.78, 5) is 11.7. The largest absolute Gasteiger partial charge is 0.380 e. The van der Waals surface area contributed by atoms with Gasteiger partial charge in [0.05, 0.1) is 5.69 Å². The molecule has 0 unspecified atom stereocenters. The molecule has 110 valence electrons. The standard InChI is InChI=1S/C16H20N4O/c1-4-7-20-11-14(5-6-16(20)21)18-10-13-8-15(9-17)19(3)12(13)2/h5-6,8,11,18H,4,7,10H2,1-3H3. The summed E-state index contributed by atoms with van der Waals surface area (Å²) in [5.41, 5.74) is 3.73. The van der Waals surface area contributed by atoms with Crippen molar-refractivity contribution in [3.05, 3.63) is 51.7 Å². The Balaban J connectivity index is 2.15. The maximum absolute atomic E-state index is 11.7. The van der Waals surface area contributed by atoms with Crippen molar-refractivity contribution >= 4 is 5.69 Å². The van der Waals surface area contributed by atoms with Crippen LogP contribution in [-0.2, 0) is 20.1 Å². The molecule has 1 N–H and O–H groups in total. The Morgan fingerprint density at radius 3 is 2.76 bits per heavy atom. The molecule has 0 fully saturated rings. The second-order valence-electron chi connectivity index (χ2n) is 5.11. The third-order valence-corrected chi connectivity index (χ3v) is 3.69. The van der Waals surface area contributed by atoms with E-state index in [1.54, 1.807) is 16.7 Å². The minimum atomic E-state index is 0.0186. The number of anilines is 1. The van der Waals surface area contributed by atoms with E-state index in [0.717, 1.165) is 29.9 Å². The van der Waals surface area contributed by atoms with E-state index in [0.29, 0.717) is 12.2 Å². The zero-order valence-electron chi connectivity index (χ0n) is 12.7. The van der Waals surface area contributed by atoms with Gasteiger partial charge in [-0.1, -0.05) is 6.92 Å². The highest BCUT2D eigenvalue weighted by atomic mass is 16.1. The molecule has 2 aromatic rings. The minimum absolute atomic E-state index is 0.0186. The number of aryl methyl sites for hydroxylation is 1. The van der Waals surface area contributed by atoms with E-state index >= 15 is 0 Å². The highest BCUT2D eigenvalue weighted by Crippen LogP contribution is 2.15. The maximum atomic E-state index is 11.7. The van der Waals surface area contributed by atoms with Crippen LogP contribution in [0.5, 0.6) is 0 Å². The van der Waals surface area contributed by atoms with Crippen LogP contribution in [0.4, 0.5) is 5.69 Å². The van der Waals surface area contributed by atoms with Crippen molar-refractivity contribution in [2.75, 3.05) is 5.32 Å². The molecule has 21 heavy (non-hydrogen) atoms. The van der Waals surface area contributed by atoms with Gasteiger partial charge in [-0.05, 0) is 31.0 Å². The molecule has 0 bridgehead atoms. The number of hydrogen-bond donors (Lipinski definition) is 1. The van der Waals surface area contributed by atoms with E-state index in [9.17, 15) is 4.79 Å². The van der Waals surface area contributed by atoms with E-state index < -0.39 is 0 Å². The van der Waals surface area contributed by atoms with Crippen molar-refractivity contribution in [3.63, 3.8) is 0 Å². The van der Waals surface area contributed by atoms with Gasteiger partial charge in [0.1, 0.15) is 11.8 Å². The summed E-state index contributed by atoms with van der Waals surface area (Å²) in [6.45, 7) is 5.39. The monoisotopic (exact) mass is 284 g/mol. The Morgan fingerprint density at radius 2 is 2.14 bits per heavy atom. The van der Waals surface area contributed by atoms with Crippen LogP contribution in [0, 0.1) is 18.3 Å². The summed E-state index contributed by atoms with van der Waals surface area (Å²) in [7, 11) is 1.89. The predicted molar refractivity (Wildman–Crippen MR) is 83.2 cm³/mol. The number of nitrogens with one attached hydrogen (secondary N) is 1. The third-order valence-electron chi connectivity index (χ3n) is 3.69. The molecule has 0 saturated heterocycles. The van der Waals surface area contributed by atoms with Crippen molar-refractivity contribution in [2.45, 2.75) is 33.4 Å². The molecule has 0 saturated carbocycles. The SMILES string of the molecule is CCCn1cc(NCc2cc(C#N)n(C)c2C)ccc1=O. The van der Waals surface area contributed by atoms with Crippen LogP contribution in [0.3, 0.4) is 0 Å². The summed E-state index contributed by atoms with van der Waals surface area (Å²) in [5.74, 6) is 0. The lowest BCUT2D eigenvalue weighted by Crippen LogP contribution is -2.18. The number of aromatic nitrogens is 2. The van der Waals surface area contributed by atoms with Crippen molar-refractivity contribution in [1.82, 2.24) is 9.13 Å². The topological polar surface area (TPSA) is 62.8 Å². The van der Waals surface area contributed by atoms with E-state index in [2.05, 4.69) is 11.4 Å². The normalized spacial score (nSPS) is 10.4. The van der Waals surface area contributed by atoms with Gasteiger partial charge in [-0.2, -0.15) is 5.26 Å². The Labute approximate surface area is 124 Å². The van der Waals surface area contributed by atoms with Gasteiger partial charge in [0, 0.05) is 38.1 Å². The first-order valence-electron chi connectivity index (χ1n) is 7.06.